The molecule has 1 N–H and O–H groups in total. The molecule has 0 saturated heterocycles. The van der Waals surface area contributed by atoms with Gasteiger partial charge in [-0.05, 0) is 44.2 Å². The summed E-state index contributed by atoms with van der Waals surface area (Å²) in [6.07, 6.45) is 0. The highest BCUT2D eigenvalue weighted by Gasteiger charge is 2.07. The van der Waals surface area contributed by atoms with E-state index in [-0.39, 0.29) is 0 Å². The SMILES string of the molecule is CCN(c1ccc(C)cc1)c1cccc(NC)c1. The van der Waals surface area contributed by atoms with Gasteiger partial charge >= 0.3 is 0 Å². The zero-order valence-corrected chi connectivity index (χ0v) is 11.3. The Morgan fingerprint density at radius 1 is 1.00 bits per heavy atom. The maximum absolute atomic E-state index is 3.18. The van der Waals surface area contributed by atoms with Crippen molar-refractivity contribution in [1.82, 2.24) is 0 Å². The molecule has 0 unspecified atom stereocenters. The molecule has 0 heterocycles. The van der Waals surface area contributed by atoms with Crippen LogP contribution in [0.5, 0.6) is 0 Å². The van der Waals surface area contributed by atoms with E-state index in [2.05, 4.69) is 72.6 Å². The second-order valence-electron chi connectivity index (χ2n) is 4.38. The number of aryl methyl sites for hydroxylation is 1. The lowest BCUT2D eigenvalue weighted by atomic mass is 10.2. The second-order valence-corrected chi connectivity index (χ2v) is 4.38. The number of nitrogens with zero attached hydrogens (tertiary/aromatic N) is 1. The lowest BCUT2D eigenvalue weighted by Crippen LogP contribution is -2.15. The Balaban J connectivity index is 2.35. The summed E-state index contributed by atoms with van der Waals surface area (Å²) in [4.78, 5) is 2.31. The Hall–Kier alpha value is -1.96. The van der Waals surface area contributed by atoms with Crippen molar-refractivity contribution in [3.05, 3.63) is 54.1 Å². The van der Waals surface area contributed by atoms with Crippen LogP contribution in [0.3, 0.4) is 0 Å². The van der Waals surface area contributed by atoms with E-state index < -0.39 is 0 Å². The standard InChI is InChI=1S/C16H20N2/c1-4-18(15-10-8-13(2)9-11-15)16-7-5-6-14(12-16)17-3/h5-12,17H,4H2,1-3H3. The van der Waals surface area contributed by atoms with Gasteiger partial charge in [0.2, 0.25) is 0 Å². The summed E-state index contributed by atoms with van der Waals surface area (Å²) in [7, 11) is 1.95. The summed E-state index contributed by atoms with van der Waals surface area (Å²) in [6.45, 7) is 5.24. The third-order valence-corrected chi connectivity index (χ3v) is 3.11. The topological polar surface area (TPSA) is 15.3 Å². The average Bonchev–Trinajstić information content (AvgIpc) is 2.42. The van der Waals surface area contributed by atoms with Crippen LogP contribution in [0.15, 0.2) is 48.5 Å². The second kappa shape index (κ2) is 5.58. The van der Waals surface area contributed by atoms with E-state index in [1.807, 2.05) is 7.05 Å². The van der Waals surface area contributed by atoms with Gasteiger partial charge in [0.15, 0.2) is 0 Å². The molecule has 0 amide bonds. The Bertz CT molecular complexity index is 503. The molecule has 18 heavy (non-hydrogen) atoms. The van der Waals surface area contributed by atoms with E-state index in [1.165, 1.54) is 16.9 Å². The minimum atomic E-state index is 0.955. The number of benzene rings is 2. The van der Waals surface area contributed by atoms with Crippen LogP contribution in [0.25, 0.3) is 0 Å². The minimum absolute atomic E-state index is 0.955. The molecule has 0 aliphatic heterocycles. The zero-order valence-electron chi connectivity index (χ0n) is 11.3. The molecule has 2 aromatic rings. The number of nitrogens with one attached hydrogen (secondary N) is 1. The molecule has 0 aromatic heterocycles. The van der Waals surface area contributed by atoms with Crippen LogP contribution < -0.4 is 10.2 Å². The number of hydrogen-bond donors (Lipinski definition) is 1. The maximum Gasteiger partial charge on any atom is 0.0431 e. The van der Waals surface area contributed by atoms with Crippen molar-refractivity contribution in [2.24, 2.45) is 0 Å². The van der Waals surface area contributed by atoms with Crippen LogP contribution in [-0.4, -0.2) is 13.6 Å². The zero-order chi connectivity index (χ0) is 13.0. The summed E-state index contributed by atoms with van der Waals surface area (Å²) in [6, 6.07) is 17.1. The fourth-order valence-corrected chi connectivity index (χ4v) is 2.07. The Kier molecular flexibility index (Phi) is 3.88. The number of rotatable bonds is 4. The van der Waals surface area contributed by atoms with Crippen molar-refractivity contribution in [2.75, 3.05) is 23.8 Å². The molecule has 0 spiro atoms. The summed E-state index contributed by atoms with van der Waals surface area (Å²) < 4.78 is 0. The van der Waals surface area contributed by atoms with Gasteiger partial charge in [0.25, 0.3) is 0 Å². The van der Waals surface area contributed by atoms with Gasteiger partial charge in [-0.1, -0.05) is 23.8 Å². The van der Waals surface area contributed by atoms with Crippen LogP contribution in [0, 0.1) is 6.92 Å². The average molecular weight is 240 g/mol. The Labute approximate surface area is 109 Å². The van der Waals surface area contributed by atoms with Crippen LogP contribution in [0.1, 0.15) is 12.5 Å². The molecular formula is C16H20N2. The maximum atomic E-state index is 3.18. The predicted molar refractivity (Wildman–Crippen MR) is 79.8 cm³/mol. The van der Waals surface area contributed by atoms with Gasteiger partial charge < -0.3 is 10.2 Å². The molecule has 0 bridgehead atoms. The molecule has 0 radical (unpaired) electrons. The van der Waals surface area contributed by atoms with E-state index in [0.717, 1.165) is 12.2 Å². The summed E-state index contributed by atoms with van der Waals surface area (Å²) in [5.41, 5.74) is 4.88. The lowest BCUT2D eigenvalue weighted by Gasteiger charge is -2.24. The number of anilines is 3. The quantitative estimate of drug-likeness (QED) is 0.861. The van der Waals surface area contributed by atoms with Crippen LogP contribution in [0.2, 0.25) is 0 Å². The van der Waals surface area contributed by atoms with Gasteiger partial charge in [0.05, 0.1) is 0 Å². The third kappa shape index (κ3) is 2.65. The molecule has 2 rings (SSSR count). The minimum Gasteiger partial charge on any atom is -0.388 e. The van der Waals surface area contributed by atoms with Crippen molar-refractivity contribution < 1.29 is 0 Å². The van der Waals surface area contributed by atoms with Gasteiger partial charge in [-0.25, -0.2) is 0 Å². The first-order valence-electron chi connectivity index (χ1n) is 6.36. The highest BCUT2D eigenvalue weighted by molar-refractivity contribution is 5.67. The van der Waals surface area contributed by atoms with Gasteiger partial charge in [-0.2, -0.15) is 0 Å². The summed E-state index contributed by atoms with van der Waals surface area (Å²) in [5, 5.41) is 3.18. The summed E-state index contributed by atoms with van der Waals surface area (Å²) >= 11 is 0. The monoisotopic (exact) mass is 240 g/mol. The molecule has 2 aromatic carbocycles. The van der Waals surface area contributed by atoms with Gasteiger partial charge in [0.1, 0.15) is 0 Å². The molecule has 0 aliphatic rings. The Morgan fingerprint density at radius 3 is 2.33 bits per heavy atom. The van der Waals surface area contributed by atoms with Crippen LogP contribution in [-0.2, 0) is 0 Å². The molecule has 2 heteroatoms. The fourth-order valence-electron chi connectivity index (χ4n) is 2.07. The molecule has 0 fully saturated rings. The molecular weight excluding hydrogens is 220 g/mol. The van der Waals surface area contributed by atoms with Gasteiger partial charge in [-0.3, -0.25) is 0 Å². The van der Waals surface area contributed by atoms with Crippen molar-refractivity contribution in [1.29, 1.82) is 0 Å². The summed E-state index contributed by atoms with van der Waals surface area (Å²) in [5.74, 6) is 0. The smallest absolute Gasteiger partial charge is 0.0431 e. The van der Waals surface area contributed by atoms with Crippen molar-refractivity contribution in [3.8, 4) is 0 Å². The molecule has 2 nitrogen and oxygen atoms in total. The molecule has 0 aliphatic carbocycles. The van der Waals surface area contributed by atoms with E-state index in [0.29, 0.717) is 0 Å². The van der Waals surface area contributed by atoms with Gasteiger partial charge in [0, 0.05) is 30.7 Å². The highest BCUT2D eigenvalue weighted by atomic mass is 15.1. The van der Waals surface area contributed by atoms with E-state index in [1.54, 1.807) is 0 Å². The van der Waals surface area contributed by atoms with Crippen LogP contribution in [0.4, 0.5) is 17.1 Å². The van der Waals surface area contributed by atoms with Crippen molar-refractivity contribution >= 4 is 17.1 Å². The number of hydrogen-bond acceptors (Lipinski definition) is 2. The molecule has 94 valence electrons. The first-order chi connectivity index (χ1) is 8.74. The van der Waals surface area contributed by atoms with E-state index in [9.17, 15) is 0 Å². The first kappa shape index (κ1) is 12.5. The van der Waals surface area contributed by atoms with Crippen molar-refractivity contribution in [2.45, 2.75) is 13.8 Å². The van der Waals surface area contributed by atoms with Crippen LogP contribution >= 0.6 is 0 Å². The molecule has 0 saturated carbocycles. The molecule has 0 atom stereocenters. The lowest BCUT2D eigenvalue weighted by molar-refractivity contribution is 1.02. The highest BCUT2D eigenvalue weighted by Crippen LogP contribution is 2.27. The van der Waals surface area contributed by atoms with E-state index >= 15 is 0 Å². The third-order valence-electron chi connectivity index (χ3n) is 3.11. The van der Waals surface area contributed by atoms with E-state index in [4.69, 9.17) is 0 Å². The largest absolute Gasteiger partial charge is 0.388 e. The van der Waals surface area contributed by atoms with Crippen molar-refractivity contribution in [3.63, 3.8) is 0 Å². The predicted octanol–water partition coefficient (Wildman–Crippen LogP) is 4.19. The van der Waals surface area contributed by atoms with Gasteiger partial charge in [-0.15, -0.1) is 0 Å². The fraction of sp³-hybridized carbons (Fsp3) is 0.250. The normalized spacial score (nSPS) is 10.2. The first-order valence-corrected chi connectivity index (χ1v) is 6.36. The Morgan fingerprint density at radius 2 is 1.72 bits per heavy atom.